The van der Waals surface area contributed by atoms with Crippen LogP contribution in [0.4, 0.5) is 0 Å². The van der Waals surface area contributed by atoms with Crippen LogP contribution in [-0.4, -0.2) is 28.7 Å². The Balaban J connectivity index is 2.61. The lowest BCUT2D eigenvalue weighted by atomic mass is 10.1. The summed E-state index contributed by atoms with van der Waals surface area (Å²) in [6.07, 6.45) is -1.74. The fourth-order valence-electron chi connectivity index (χ4n) is 1.35. The number of ether oxygens (including phenoxy) is 1. The topological polar surface area (TPSA) is 49.7 Å². The van der Waals surface area contributed by atoms with Gasteiger partial charge in [0.2, 0.25) is 0 Å². The van der Waals surface area contributed by atoms with E-state index in [4.69, 9.17) is 4.74 Å². The van der Waals surface area contributed by atoms with E-state index in [1.165, 1.54) is 0 Å². The summed E-state index contributed by atoms with van der Waals surface area (Å²) in [5.41, 5.74) is 0.670. The molecule has 2 atom stereocenters. The lowest BCUT2D eigenvalue weighted by Crippen LogP contribution is -2.19. The van der Waals surface area contributed by atoms with Crippen molar-refractivity contribution in [2.45, 2.75) is 26.1 Å². The molecule has 0 spiro atoms. The van der Waals surface area contributed by atoms with Gasteiger partial charge in [-0.05, 0) is 23.6 Å². The number of hydrogen-bond donors (Lipinski definition) is 3. The van der Waals surface area contributed by atoms with Crippen LogP contribution < -0.4 is 4.74 Å². The van der Waals surface area contributed by atoms with Gasteiger partial charge in [0.1, 0.15) is 11.9 Å². The van der Waals surface area contributed by atoms with E-state index in [1.54, 1.807) is 24.3 Å². The number of hydrogen-bond acceptors (Lipinski definition) is 4. The maximum absolute atomic E-state index is 9.76. The van der Waals surface area contributed by atoms with Crippen molar-refractivity contribution >= 4 is 12.6 Å². The summed E-state index contributed by atoms with van der Waals surface area (Å²) in [4.78, 5) is 0. The van der Waals surface area contributed by atoms with Crippen LogP contribution in [-0.2, 0) is 0 Å². The highest BCUT2D eigenvalue weighted by Crippen LogP contribution is 2.21. The van der Waals surface area contributed by atoms with Gasteiger partial charge in [-0.3, -0.25) is 0 Å². The smallest absolute Gasteiger partial charge is 0.119 e. The van der Waals surface area contributed by atoms with Gasteiger partial charge in [-0.2, -0.15) is 12.6 Å². The predicted octanol–water partition coefficient (Wildman–Crippen LogP) is 2.05. The lowest BCUT2D eigenvalue weighted by Gasteiger charge is -2.16. The fourth-order valence-corrected chi connectivity index (χ4v) is 1.55. The van der Waals surface area contributed by atoms with Gasteiger partial charge in [0.25, 0.3) is 0 Å². The van der Waals surface area contributed by atoms with Gasteiger partial charge in [-0.25, -0.2) is 0 Å². The second-order valence-electron chi connectivity index (χ2n) is 4.47. The number of thiol groups is 1. The van der Waals surface area contributed by atoms with Crippen LogP contribution in [0.3, 0.4) is 0 Å². The van der Waals surface area contributed by atoms with Crippen LogP contribution in [0.1, 0.15) is 25.5 Å². The van der Waals surface area contributed by atoms with Crippen LogP contribution in [0.5, 0.6) is 5.75 Å². The minimum atomic E-state index is -0.897. The number of rotatable bonds is 6. The number of aliphatic hydroxyl groups is 2. The van der Waals surface area contributed by atoms with Crippen molar-refractivity contribution in [2.75, 3.05) is 12.4 Å². The van der Waals surface area contributed by atoms with E-state index < -0.39 is 12.2 Å². The first-order valence-corrected chi connectivity index (χ1v) is 6.37. The maximum atomic E-state index is 9.76. The summed E-state index contributed by atoms with van der Waals surface area (Å²) >= 11 is 3.95. The van der Waals surface area contributed by atoms with E-state index in [2.05, 4.69) is 26.5 Å². The normalized spacial score (nSPS) is 14.7. The summed E-state index contributed by atoms with van der Waals surface area (Å²) in [6, 6.07) is 7.11. The minimum Gasteiger partial charge on any atom is -0.493 e. The van der Waals surface area contributed by atoms with Gasteiger partial charge in [-0.15, -0.1) is 0 Å². The van der Waals surface area contributed by atoms with Gasteiger partial charge in [-0.1, -0.05) is 26.0 Å². The quantitative estimate of drug-likeness (QED) is 0.683. The van der Waals surface area contributed by atoms with Crippen molar-refractivity contribution in [1.82, 2.24) is 0 Å². The highest BCUT2D eigenvalue weighted by atomic mass is 32.1. The van der Waals surface area contributed by atoms with E-state index >= 15 is 0 Å². The summed E-state index contributed by atoms with van der Waals surface area (Å²) in [7, 11) is 0. The third kappa shape index (κ3) is 4.58. The van der Waals surface area contributed by atoms with Crippen molar-refractivity contribution < 1.29 is 14.9 Å². The molecule has 1 rings (SSSR count). The molecule has 1 aromatic rings. The van der Waals surface area contributed by atoms with E-state index in [0.29, 0.717) is 18.1 Å². The molecule has 0 amide bonds. The summed E-state index contributed by atoms with van der Waals surface area (Å²) in [5, 5.41) is 19.2. The van der Waals surface area contributed by atoms with Crippen LogP contribution in [0, 0.1) is 5.92 Å². The fraction of sp³-hybridized carbons (Fsp3) is 0.538. The molecule has 0 fully saturated rings. The van der Waals surface area contributed by atoms with E-state index in [-0.39, 0.29) is 5.75 Å². The standard InChI is InChI=1S/C13H20O3S/c1-9(2)7-16-11-5-3-10(4-6-11)13(15)12(14)8-17/h3-6,9,12-15,17H,7-8H2,1-2H3. The van der Waals surface area contributed by atoms with Gasteiger partial charge in [0, 0.05) is 5.75 Å². The van der Waals surface area contributed by atoms with Gasteiger partial charge in [0.05, 0.1) is 12.7 Å². The lowest BCUT2D eigenvalue weighted by molar-refractivity contribution is 0.0337. The van der Waals surface area contributed by atoms with E-state index in [0.717, 1.165) is 5.75 Å². The molecule has 2 unspecified atom stereocenters. The monoisotopic (exact) mass is 256 g/mol. The highest BCUT2D eigenvalue weighted by molar-refractivity contribution is 7.80. The molecule has 4 heteroatoms. The molecule has 1 aromatic carbocycles. The molecule has 0 bridgehead atoms. The number of benzene rings is 1. The van der Waals surface area contributed by atoms with Crippen molar-refractivity contribution in [3.63, 3.8) is 0 Å². The van der Waals surface area contributed by atoms with Gasteiger partial charge < -0.3 is 14.9 Å². The molecule has 0 aromatic heterocycles. The van der Waals surface area contributed by atoms with Crippen molar-refractivity contribution in [3.8, 4) is 5.75 Å². The zero-order valence-electron chi connectivity index (χ0n) is 10.2. The second kappa shape index (κ2) is 6.89. The Hall–Kier alpha value is -0.710. The Bertz CT molecular complexity index is 324. The third-order valence-electron chi connectivity index (χ3n) is 2.36. The van der Waals surface area contributed by atoms with Gasteiger partial charge >= 0.3 is 0 Å². The minimum absolute atomic E-state index is 0.229. The Kier molecular flexibility index (Phi) is 5.82. The van der Waals surface area contributed by atoms with Crippen LogP contribution in [0.15, 0.2) is 24.3 Å². The highest BCUT2D eigenvalue weighted by Gasteiger charge is 2.16. The molecule has 17 heavy (non-hydrogen) atoms. The van der Waals surface area contributed by atoms with Crippen molar-refractivity contribution in [3.05, 3.63) is 29.8 Å². The zero-order chi connectivity index (χ0) is 12.8. The predicted molar refractivity (Wildman–Crippen MR) is 71.6 cm³/mol. The maximum Gasteiger partial charge on any atom is 0.119 e. The SMILES string of the molecule is CC(C)COc1ccc(C(O)C(O)CS)cc1. The average molecular weight is 256 g/mol. The zero-order valence-corrected chi connectivity index (χ0v) is 11.1. The molecule has 0 aliphatic carbocycles. The molecule has 0 aliphatic heterocycles. The summed E-state index contributed by atoms with van der Waals surface area (Å²) in [6.45, 7) is 4.84. The van der Waals surface area contributed by atoms with E-state index in [1.807, 2.05) is 0 Å². The van der Waals surface area contributed by atoms with Crippen LogP contribution in [0.25, 0.3) is 0 Å². The number of aliphatic hydroxyl groups excluding tert-OH is 2. The molecule has 0 saturated carbocycles. The summed E-state index contributed by atoms with van der Waals surface area (Å²) in [5.74, 6) is 1.48. The Morgan fingerprint density at radius 3 is 2.24 bits per heavy atom. The molecule has 0 aliphatic rings. The molecular weight excluding hydrogens is 236 g/mol. The Morgan fingerprint density at radius 1 is 1.18 bits per heavy atom. The first-order valence-electron chi connectivity index (χ1n) is 5.74. The molecule has 3 nitrogen and oxygen atoms in total. The second-order valence-corrected chi connectivity index (χ2v) is 4.83. The first kappa shape index (κ1) is 14.4. The Labute approximate surface area is 108 Å². The third-order valence-corrected chi connectivity index (χ3v) is 2.73. The van der Waals surface area contributed by atoms with E-state index in [9.17, 15) is 10.2 Å². The molecular formula is C13H20O3S. The van der Waals surface area contributed by atoms with Crippen LogP contribution >= 0.6 is 12.6 Å². The molecule has 0 saturated heterocycles. The van der Waals surface area contributed by atoms with Gasteiger partial charge in [0.15, 0.2) is 0 Å². The molecule has 2 N–H and O–H groups in total. The summed E-state index contributed by atoms with van der Waals surface area (Å²) < 4.78 is 5.53. The van der Waals surface area contributed by atoms with Crippen molar-refractivity contribution in [2.24, 2.45) is 5.92 Å². The Morgan fingerprint density at radius 2 is 1.76 bits per heavy atom. The van der Waals surface area contributed by atoms with Crippen molar-refractivity contribution in [1.29, 1.82) is 0 Å². The van der Waals surface area contributed by atoms with Crippen LogP contribution in [0.2, 0.25) is 0 Å². The molecule has 0 heterocycles. The molecule has 0 radical (unpaired) electrons. The molecule has 96 valence electrons. The average Bonchev–Trinajstić information content (AvgIpc) is 2.35. The largest absolute Gasteiger partial charge is 0.493 e. The first-order chi connectivity index (χ1) is 8.04.